The third-order valence-electron chi connectivity index (χ3n) is 6.06. The first kappa shape index (κ1) is 25.7. The van der Waals surface area contributed by atoms with Crippen LogP contribution in [0.5, 0.6) is 0 Å². The molecule has 1 aliphatic heterocycles. The summed E-state index contributed by atoms with van der Waals surface area (Å²) in [5.74, 6) is -0.936. The zero-order chi connectivity index (χ0) is 24.3. The number of ether oxygens (including phenoxy) is 1. The standard InChI is InChI=1S/C25H30FN3O5/c26-21-14-18(10-11-20(21)19-8-4-1-2-5-9-19)17-34-13-7-3-6-12-29-16-23(30)25(31)24(28-33)22(29)15-27-32/h1,4-5,8-11,14,22-24,30H,2-3,6-7,12-13,15-17H2/t22-,23-,24?/m0/s1. The Balaban J connectivity index is 1.39. The zero-order valence-electron chi connectivity index (χ0n) is 19.0. The average Bonchev–Trinajstić information content (AvgIpc) is 3.11. The molecule has 1 unspecified atom stereocenters. The maximum absolute atomic E-state index is 14.6. The second kappa shape index (κ2) is 13.1. The molecule has 2 aliphatic rings. The van der Waals surface area contributed by atoms with Gasteiger partial charge in [-0.1, -0.05) is 52.9 Å². The van der Waals surface area contributed by atoms with Crippen LogP contribution in [0.4, 0.5) is 4.39 Å². The number of carbonyl (C=O) groups is 1. The summed E-state index contributed by atoms with van der Waals surface area (Å²) in [5.41, 5.74) is 2.16. The van der Waals surface area contributed by atoms with E-state index in [1.165, 1.54) is 6.07 Å². The first-order valence-electron chi connectivity index (χ1n) is 11.5. The lowest BCUT2D eigenvalue weighted by molar-refractivity contribution is -0.135. The fourth-order valence-corrected chi connectivity index (χ4v) is 4.23. The van der Waals surface area contributed by atoms with E-state index in [0.717, 1.165) is 36.8 Å². The van der Waals surface area contributed by atoms with Crippen LogP contribution in [0.25, 0.3) is 5.57 Å². The van der Waals surface area contributed by atoms with Gasteiger partial charge in [-0.05, 0) is 49.4 Å². The van der Waals surface area contributed by atoms with E-state index in [0.29, 0.717) is 25.3 Å². The number of halogens is 1. The van der Waals surface area contributed by atoms with Gasteiger partial charge in [-0.3, -0.25) is 9.69 Å². The summed E-state index contributed by atoms with van der Waals surface area (Å²) >= 11 is 0. The molecule has 8 nitrogen and oxygen atoms in total. The first-order valence-corrected chi connectivity index (χ1v) is 11.5. The third kappa shape index (κ3) is 6.82. The molecule has 3 atom stereocenters. The minimum Gasteiger partial charge on any atom is -0.384 e. The summed E-state index contributed by atoms with van der Waals surface area (Å²) in [7, 11) is 0. The molecule has 34 heavy (non-hydrogen) atoms. The number of carbonyl (C=O) groups excluding carboxylic acids is 1. The number of nitrogens with zero attached hydrogens (tertiary/aromatic N) is 3. The molecule has 182 valence electrons. The highest BCUT2D eigenvalue weighted by molar-refractivity contribution is 5.90. The number of allylic oxidation sites excluding steroid dienone is 6. The molecular weight excluding hydrogens is 441 g/mol. The summed E-state index contributed by atoms with van der Waals surface area (Å²) in [5, 5.41) is 15.5. The predicted molar refractivity (Wildman–Crippen MR) is 127 cm³/mol. The van der Waals surface area contributed by atoms with E-state index in [4.69, 9.17) is 4.74 Å². The summed E-state index contributed by atoms with van der Waals surface area (Å²) in [6, 6.07) is 3.15. The monoisotopic (exact) mass is 471 g/mol. The van der Waals surface area contributed by atoms with E-state index in [2.05, 4.69) is 10.4 Å². The van der Waals surface area contributed by atoms with Gasteiger partial charge in [0.1, 0.15) is 11.9 Å². The Morgan fingerprint density at radius 2 is 2.03 bits per heavy atom. The first-order chi connectivity index (χ1) is 16.5. The number of piperidine rings is 1. The van der Waals surface area contributed by atoms with Crippen LogP contribution in [0.1, 0.15) is 36.8 Å². The minimum absolute atomic E-state index is 0.0616. The molecule has 0 amide bonds. The van der Waals surface area contributed by atoms with Crippen molar-refractivity contribution >= 4 is 11.4 Å². The van der Waals surface area contributed by atoms with Crippen LogP contribution in [-0.2, 0) is 16.1 Å². The molecule has 1 aromatic carbocycles. The van der Waals surface area contributed by atoms with Crippen molar-refractivity contribution in [2.45, 2.75) is 50.5 Å². The van der Waals surface area contributed by atoms with Gasteiger partial charge < -0.3 is 9.84 Å². The molecule has 1 saturated heterocycles. The Morgan fingerprint density at radius 1 is 1.18 bits per heavy atom. The van der Waals surface area contributed by atoms with E-state index >= 15 is 0 Å². The van der Waals surface area contributed by atoms with E-state index in [9.17, 15) is 24.1 Å². The Morgan fingerprint density at radius 3 is 2.79 bits per heavy atom. The summed E-state index contributed by atoms with van der Waals surface area (Å²) in [6.07, 6.45) is 11.6. The number of hydrogen-bond acceptors (Lipinski definition) is 8. The number of rotatable bonds is 12. The van der Waals surface area contributed by atoms with E-state index < -0.39 is 24.0 Å². The summed E-state index contributed by atoms with van der Waals surface area (Å²) < 4.78 is 20.2. The number of ketones is 1. The van der Waals surface area contributed by atoms with Crippen LogP contribution < -0.4 is 0 Å². The molecule has 0 spiro atoms. The molecule has 0 bridgehead atoms. The number of benzene rings is 1. The number of aliphatic hydroxyl groups excluding tert-OH is 1. The zero-order valence-corrected chi connectivity index (χ0v) is 19.0. The molecule has 1 N–H and O–H groups in total. The van der Waals surface area contributed by atoms with Crippen molar-refractivity contribution < 1.29 is 19.0 Å². The Bertz CT molecular complexity index is 962. The predicted octanol–water partition coefficient (Wildman–Crippen LogP) is 3.93. The normalized spacial score (nSPS) is 22.9. The van der Waals surface area contributed by atoms with Gasteiger partial charge in [0, 0.05) is 18.7 Å². The molecule has 0 saturated carbocycles. The fraction of sp³-hybridized carbons (Fsp3) is 0.480. The molecule has 1 fully saturated rings. The van der Waals surface area contributed by atoms with E-state index in [-0.39, 0.29) is 18.9 Å². The third-order valence-corrected chi connectivity index (χ3v) is 6.06. The maximum Gasteiger partial charge on any atom is 0.192 e. The highest BCUT2D eigenvalue weighted by Gasteiger charge is 2.43. The highest BCUT2D eigenvalue weighted by atomic mass is 19.1. The van der Waals surface area contributed by atoms with E-state index in [1.54, 1.807) is 11.0 Å². The Hall–Kier alpha value is -2.88. The van der Waals surface area contributed by atoms with Crippen molar-refractivity contribution in [2.24, 2.45) is 10.4 Å². The lowest BCUT2D eigenvalue weighted by Crippen LogP contribution is -2.59. The van der Waals surface area contributed by atoms with Gasteiger partial charge >= 0.3 is 0 Å². The summed E-state index contributed by atoms with van der Waals surface area (Å²) in [6.45, 7) is 1.15. The van der Waals surface area contributed by atoms with Gasteiger partial charge in [-0.25, -0.2) is 4.39 Å². The highest BCUT2D eigenvalue weighted by Crippen LogP contribution is 2.23. The van der Waals surface area contributed by atoms with Gasteiger partial charge in [-0.15, -0.1) is 4.91 Å². The van der Waals surface area contributed by atoms with Crippen molar-refractivity contribution in [1.29, 1.82) is 0 Å². The minimum atomic E-state index is -1.29. The number of Topliss-reactive ketones (excluding diaryl/α,β-unsaturated/α-hetero) is 1. The number of β-amino-alcohol motifs (C(OH)–C–C–N with tert-alkyl or cyclic N) is 1. The molecule has 1 aliphatic carbocycles. The number of hydrogen-bond donors (Lipinski definition) is 1. The van der Waals surface area contributed by atoms with Crippen molar-refractivity contribution in [3.63, 3.8) is 0 Å². The second-order valence-electron chi connectivity index (χ2n) is 8.46. The van der Waals surface area contributed by atoms with Crippen LogP contribution in [0.3, 0.4) is 0 Å². The quantitative estimate of drug-likeness (QED) is 0.366. The van der Waals surface area contributed by atoms with Gasteiger partial charge in [0.25, 0.3) is 0 Å². The molecule has 0 radical (unpaired) electrons. The van der Waals surface area contributed by atoms with Crippen LogP contribution in [0.15, 0.2) is 58.9 Å². The maximum atomic E-state index is 14.6. The molecule has 9 heteroatoms. The van der Waals surface area contributed by atoms with Gasteiger partial charge in [0.2, 0.25) is 0 Å². The van der Waals surface area contributed by atoms with Gasteiger partial charge in [0.05, 0.1) is 19.2 Å². The number of likely N-dealkylation sites (tertiary alicyclic amines) is 1. The molecular formula is C25H30FN3O5. The molecule has 1 heterocycles. The van der Waals surface area contributed by atoms with Crippen LogP contribution >= 0.6 is 0 Å². The largest absolute Gasteiger partial charge is 0.384 e. The number of unbranched alkanes of at least 4 members (excludes halogenated alkanes) is 2. The average molecular weight is 472 g/mol. The van der Waals surface area contributed by atoms with Crippen molar-refractivity contribution in [3.8, 4) is 0 Å². The van der Waals surface area contributed by atoms with Gasteiger partial charge in [-0.2, -0.15) is 4.91 Å². The van der Waals surface area contributed by atoms with Crippen LogP contribution in [0.2, 0.25) is 0 Å². The van der Waals surface area contributed by atoms with Crippen molar-refractivity contribution in [3.05, 3.63) is 75.3 Å². The molecule has 3 rings (SSSR count). The Labute approximate surface area is 198 Å². The number of aliphatic hydroxyl groups is 1. The second-order valence-corrected chi connectivity index (χ2v) is 8.46. The lowest BCUT2D eigenvalue weighted by atomic mass is 9.93. The SMILES string of the molecule is O=NC[C@H]1C(N=O)C(=O)[C@@H](O)CN1CCCCCOCc1ccc(C2=CC=CCC=C2)c(F)c1. The Kier molecular flexibility index (Phi) is 9.93. The topological polar surface area (TPSA) is 109 Å². The lowest BCUT2D eigenvalue weighted by Gasteiger charge is -2.38. The smallest absolute Gasteiger partial charge is 0.192 e. The number of nitroso groups, excluding NO2 is 2. The van der Waals surface area contributed by atoms with Crippen molar-refractivity contribution in [1.82, 2.24) is 4.90 Å². The van der Waals surface area contributed by atoms with Crippen LogP contribution in [-0.4, -0.2) is 60.2 Å². The molecule has 1 aromatic rings. The fourth-order valence-electron chi connectivity index (χ4n) is 4.23. The van der Waals surface area contributed by atoms with E-state index in [1.807, 2.05) is 36.4 Å². The summed E-state index contributed by atoms with van der Waals surface area (Å²) in [4.78, 5) is 35.4. The van der Waals surface area contributed by atoms with Gasteiger partial charge in [0.15, 0.2) is 11.8 Å². The van der Waals surface area contributed by atoms with Crippen molar-refractivity contribution in [2.75, 3.05) is 26.2 Å². The van der Waals surface area contributed by atoms with Crippen LogP contribution in [0, 0.1) is 15.6 Å². The molecule has 0 aromatic heterocycles.